The lowest BCUT2D eigenvalue weighted by Crippen LogP contribution is -2.05. The van der Waals surface area contributed by atoms with Crippen LogP contribution in [0.4, 0.5) is 4.79 Å². The molecule has 7 nitrogen and oxygen atoms in total. The van der Waals surface area contributed by atoms with E-state index < -0.39 is 6.16 Å². The summed E-state index contributed by atoms with van der Waals surface area (Å²) in [6.07, 6.45) is 4.68. The molecule has 0 saturated heterocycles. The summed E-state index contributed by atoms with van der Waals surface area (Å²) in [4.78, 5) is 21.9. The van der Waals surface area contributed by atoms with Gasteiger partial charge in [0.1, 0.15) is 11.6 Å². The standard InChI is InChI=1S/C30H26N4O3S/c1-3-6-27-32-28-19(2)15-22(24-18-33-13-14-38-29(33)31-24)16-25(28)34(27)17-20-9-11-21(12-10-20)23-7-4-5-8-26(23)37-30(35)36/h4-5,7-16,18H,3,6,17H2,1-2H3,(H,35,36). The first-order chi connectivity index (χ1) is 18.5. The lowest BCUT2D eigenvalue weighted by molar-refractivity contribution is 0.144. The summed E-state index contributed by atoms with van der Waals surface area (Å²) >= 11 is 1.63. The lowest BCUT2D eigenvalue weighted by Gasteiger charge is -2.12. The Hall–Kier alpha value is -4.43. The van der Waals surface area contributed by atoms with Gasteiger partial charge in [-0.2, -0.15) is 0 Å². The van der Waals surface area contributed by atoms with Crippen molar-refractivity contribution in [2.45, 2.75) is 33.2 Å². The predicted molar refractivity (Wildman–Crippen MR) is 150 cm³/mol. The van der Waals surface area contributed by atoms with Gasteiger partial charge in [-0.25, -0.2) is 14.8 Å². The number of aromatic nitrogens is 4. The topological polar surface area (TPSA) is 81.7 Å². The van der Waals surface area contributed by atoms with Crippen LogP contribution in [0.5, 0.6) is 5.75 Å². The van der Waals surface area contributed by atoms with Crippen LogP contribution in [-0.2, 0) is 13.0 Å². The second-order valence-corrected chi connectivity index (χ2v) is 10.2. The van der Waals surface area contributed by atoms with E-state index >= 15 is 0 Å². The average Bonchev–Trinajstić information content (AvgIpc) is 3.60. The zero-order chi connectivity index (χ0) is 26.2. The van der Waals surface area contributed by atoms with E-state index in [0.717, 1.165) is 68.2 Å². The maximum Gasteiger partial charge on any atom is 0.511 e. The number of para-hydroxylation sites is 1. The Kier molecular flexibility index (Phi) is 6.17. The minimum Gasteiger partial charge on any atom is -0.449 e. The largest absolute Gasteiger partial charge is 0.511 e. The van der Waals surface area contributed by atoms with Crippen molar-refractivity contribution in [3.8, 4) is 28.1 Å². The number of imidazole rings is 2. The number of thiazole rings is 1. The van der Waals surface area contributed by atoms with Gasteiger partial charge in [0.2, 0.25) is 0 Å². The number of benzene rings is 3. The molecule has 6 rings (SSSR count). The van der Waals surface area contributed by atoms with Crippen molar-refractivity contribution in [3.05, 3.63) is 95.4 Å². The van der Waals surface area contributed by atoms with Crippen molar-refractivity contribution in [1.82, 2.24) is 18.9 Å². The van der Waals surface area contributed by atoms with Crippen LogP contribution < -0.4 is 4.74 Å². The SMILES string of the molecule is CCCc1nc2c(C)cc(-c3cn4ccsc4n3)cc2n1Cc1ccc(-c2ccccc2OC(=O)O)cc1. The van der Waals surface area contributed by atoms with E-state index in [4.69, 9.17) is 19.8 Å². The monoisotopic (exact) mass is 522 g/mol. The Labute approximate surface area is 223 Å². The molecule has 3 aromatic carbocycles. The Morgan fingerprint density at radius 3 is 2.63 bits per heavy atom. The van der Waals surface area contributed by atoms with E-state index in [-0.39, 0.29) is 0 Å². The Morgan fingerprint density at radius 1 is 1.05 bits per heavy atom. The highest BCUT2D eigenvalue weighted by Crippen LogP contribution is 2.32. The number of aryl methyl sites for hydroxylation is 2. The van der Waals surface area contributed by atoms with Gasteiger partial charge in [-0.1, -0.05) is 49.4 Å². The fourth-order valence-corrected chi connectivity index (χ4v) is 5.61. The van der Waals surface area contributed by atoms with E-state index in [1.165, 1.54) is 0 Å². The molecule has 0 saturated carbocycles. The van der Waals surface area contributed by atoms with Crippen LogP contribution in [-0.4, -0.2) is 30.2 Å². The van der Waals surface area contributed by atoms with Gasteiger partial charge in [0, 0.05) is 41.9 Å². The molecule has 1 N–H and O–H groups in total. The number of rotatable bonds is 7. The molecular weight excluding hydrogens is 496 g/mol. The van der Waals surface area contributed by atoms with E-state index in [1.54, 1.807) is 23.5 Å². The van der Waals surface area contributed by atoms with Crippen LogP contribution in [0, 0.1) is 6.92 Å². The summed E-state index contributed by atoms with van der Waals surface area (Å²) < 4.78 is 9.34. The number of nitrogens with zero attached hydrogens (tertiary/aromatic N) is 4. The van der Waals surface area contributed by atoms with Crippen molar-refractivity contribution in [1.29, 1.82) is 0 Å². The Balaban J connectivity index is 1.38. The first kappa shape index (κ1) is 23.9. The highest BCUT2D eigenvalue weighted by Gasteiger charge is 2.16. The summed E-state index contributed by atoms with van der Waals surface area (Å²) in [6, 6.07) is 19.7. The van der Waals surface area contributed by atoms with Gasteiger partial charge in [-0.3, -0.25) is 4.40 Å². The number of ether oxygens (including phenoxy) is 1. The molecular formula is C30H26N4O3S. The minimum absolute atomic E-state index is 0.320. The van der Waals surface area contributed by atoms with Crippen molar-refractivity contribution < 1.29 is 14.6 Å². The molecule has 3 aromatic heterocycles. The van der Waals surface area contributed by atoms with Crippen LogP contribution in [0.25, 0.3) is 38.4 Å². The maximum absolute atomic E-state index is 11.1. The van der Waals surface area contributed by atoms with Crippen LogP contribution in [0.3, 0.4) is 0 Å². The maximum atomic E-state index is 11.1. The molecule has 0 unspecified atom stereocenters. The van der Waals surface area contributed by atoms with Gasteiger partial charge in [-0.15, -0.1) is 11.3 Å². The minimum atomic E-state index is -1.32. The van der Waals surface area contributed by atoms with Crippen LogP contribution in [0.15, 0.2) is 78.4 Å². The summed E-state index contributed by atoms with van der Waals surface area (Å²) in [5, 5.41) is 11.1. The molecule has 6 aromatic rings. The summed E-state index contributed by atoms with van der Waals surface area (Å²) in [6.45, 7) is 4.97. The molecule has 0 amide bonds. The molecule has 0 atom stereocenters. The number of hydrogen-bond donors (Lipinski definition) is 1. The second kappa shape index (κ2) is 9.79. The van der Waals surface area contributed by atoms with Crippen LogP contribution >= 0.6 is 11.3 Å². The highest BCUT2D eigenvalue weighted by molar-refractivity contribution is 7.15. The highest BCUT2D eigenvalue weighted by atomic mass is 32.1. The lowest BCUT2D eigenvalue weighted by atomic mass is 10.0. The van der Waals surface area contributed by atoms with Crippen molar-refractivity contribution in [3.63, 3.8) is 0 Å². The third-order valence-electron chi connectivity index (χ3n) is 6.68. The number of fused-ring (bicyclic) bond motifs is 2. The normalized spacial score (nSPS) is 11.4. The average molecular weight is 523 g/mol. The van der Waals surface area contributed by atoms with Gasteiger partial charge in [0.15, 0.2) is 4.96 Å². The molecule has 8 heteroatoms. The van der Waals surface area contributed by atoms with E-state index in [1.807, 2.05) is 35.8 Å². The van der Waals surface area contributed by atoms with Gasteiger partial charge >= 0.3 is 6.16 Å². The second-order valence-electron chi connectivity index (χ2n) is 9.31. The molecule has 0 aliphatic carbocycles. The van der Waals surface area contributed by atoms with E-state index in [0.29, 0.717) is 12.3 Å². The van der Waals surface area contributed by atoms with Gasteiger partial charge < -0.3 is 14.4 Å². The molecule has 0 radical (unpaired) electrons. The number of carbonyl (C=O) groups is 1. The van der Waals surface area contributed by atoms with Crippen molar-refractivity contribution in [2.24, 2.45) is 0 Å². The van der Waals surface area contributed by atoms with E-state index in [9.17, 15) is 4.79 Å². The van der Waals surface area contributed by atoms with E-state index in [2.05, 4.69) is 53.3 Å². The van der Waals surface area contributed by atoms with Gasteiger partial charge in [0.25, 0.3) is 0 Å². The van der Waals surface area contributed by atoms with Crippen LogP contribution in [0.2, 0.25) is 0 Å². The summed E-state index contributed by atoms with van der Waals surface area (Å²) in [5.41, 5.74) is 8.06. The Morgan fingerprint density at radius 2 is 1.87 bits per heavy atom. The molecule has 3 heterocycles. The summed E-state index contributed by atoms with van der Waals surface area (Å²) in [7, 11) is 0. The van der Waals surface area contributed by atoms with Crippen LogP contribution in [0.1, 0.15) is 30.3 Å². The zero-order valence-corrected chi connectivity index (χ0v) is 21.9. The Bertz CT molecular complexity index is 1750. The third kappa shape index (κ3) is 4.43. The van der Waals surface area contributed by atoms with Gasteiger partial charge in [-0.05, 0) is 48.2 Å². The fraction of sp³-hybridized carbons (Fsp3) is 0.167. The molecule has 190 valence electrons. The smallest absolute Gasteiger partial charge is 0.449 e. The first-order valence-electron chi connectivity index (χ1n) is 12.5. The molecule has 0 fully saturated rings. The fourth-order valence-electron chi connectivity index (χ4n) is 4.91. The van der Waals surface area contributed by atoms with Crippen molar-refractivity contribution >= 4 is 33.5 Å². The quantitative estimate of drug-likeness (QED) is 0.174. The molecule has 0 aliphatic rings. The zero-order valence-electron chi connectivity index (χ0n) is 21.1. The molecule has 38 heavy (non-hydrogen) atoms. The molecule has 0 aliphatic heterocycles. The number of carboxylic acid groups (broad SMARTS) is 1. The molecule has 0 bridgehead atoms. The van der Waals surface area contributed by atoms with Gasteiger partial charge in [0.05, 0.1) is 16.7 Å². The molecule has 0 spiro atoms. The van der Waals surface area contributed by atoms with Crippen molar-refractivity contribution in [2.75, 3.05) is 0 Å². The summed E-state index contributed by atoms with van der Waals surface area (Å²) in [5.74, 6) is 1.39. The predicted octanol–water partition coefficient (Wildman–Crippen LogP) is 7.45. The third-order valence-corrected chi connectivity index (χ3v) is 7.45. The number of hydrogen-bond acceptors (Lipinski definition) is 5. The first-order valence-corrected chi connectivity index (χ1v) is 13.4.